The number of hydrogen-bond donors (Lipinski definition) is 2. The molecule has 2 N–H and O–H groups in total. The highest BCUT2D eigenvalue weighted by molar-refractivity contribution is 9.09. The maximum Gasteiger partial charge on any atom is 0.313 e. The molecule has 0 aliphatic carbocycles. The first kappa shape index (κ1) is 38.7. The first-order valence-corrected chi connectivity index (χ1v) is 18.9. The topological polar surface area (TPSA) is 125 Å². The largest absolute Gasteiger partial charge is 0.455 e. The molecular weight excluding hydrogens is 738 g/mol. The van der Waals surface area contributed by atoms with Gasteiger partial charge in [-0.1, -0.05) is 95.0 Å². The quantitative estimate of drug-likeness (QED) is 0.0834. The average molecular weight is 785 g/mol. The fraction of sp³-hybridized carbons (Fsp3) is 0.487. The van der Waals surface area contributed by atoms with Crippen molar-refractivity contribution in [1.29, 1.82) is 0 Å². The van der Waals surface area contributed by atoms with E-state index in [2.05, 4.69) is 34.4 Å². The van der Waals surface area contributed by atoms with Gasteiger partial charge in [-0.05, 0) is 50.3 Å². The minimum Gasteiger partial charge on any atom is -0.455 e. The predicted molar refractivity (Wildman–Crippen MR) is 199 cm³/mol. The van der Waals surface area contributed by atoms with Crippen LogP contribution in [0.4, 0.5) is 5.69 Å². The number of amides is 3. The zero-order valence-electron chi connectivity index (χ0n) is 28.9. The van der Waals surface area contributed by atoms with Crippen molar-refractivity contribution in [2.75, 3.05) is 24.6 Å². The van der Waals surface area contributed by atoms with Crippen molar-refractivity contribution in [2.24, 2.45) is 11.8 Å². The van der Waals surface area contributed by atoms with Gasteiger partial charge < -0.3 is 29.7 Å². The fourth-order valence-electron chi connectivity index (χ4n) is 7.86. The molecule has 274 valence electrons. The number of likely N-dealkylation sites (tertiary alicyclic amines) is 1. The summed E-state index contributed by atoms with van der Waals surface area (Å²) in [6, 6.07) is 14.5. The predicted octanol–water partition coefficient (Wildman–Crippen LogP) is 5.92. The average Bonchev–Trinajstić information content (AvgIpc) is 3.71. The summed E-state index contributed by atoms with van der Waals surface area (Å²) in [7, 11) is 0. The molecule has 3 aliphatic rings. The van der Waals surface area contributed by atoms with E-state index in [-0.39, 0.29) is 48.7 Å². The summed E-state index contributed by atoms with van der Waals surface area (Å²) in [6.07, 6.45) is 5.53. The number of benzene rings is 2. The number of anilines is 1. The first-order chi connectivity index (χ1) is 24.6. The van der Waals surface area contributed by atoms with Crippen LogP contribution in [0.5, 0.6) is 0 Å². The summed E-state index contributed by atoms with van der Waals surface area (Å²) >= 11 is 10.3. The zero-order chi connectivity index (χ0) is 36.7. The Labute approximate surface area is 313 Å². The van der Waals surface area contributed by atoms with Crippen molar-refractivity contribution in [3.8, 4) is 0 Å². The number of allylic oxidation sites excluding steroid dienone is 1. The number of alkyl halides is 1. The van der Waals surface area contributed by atoms with Crippen molar-refractivity contribution in [2.45, 2.75) is 86.6 Å². The number of para-hydroxylation sites is 1. The normalized spacial score (nSPS) is 25.9. The van der Waals surface area contributed by atoms with Crippen LogP contribution in [0.15, 0.2) is 79.9 Å². The Bertz CT molecular complexity index is 1590. The molecule has 3 fully saturated rings. The van der Waals surface area contributed by atoms with Crippen molar-refractivity contribution in [3.63, 3.8) is 0 Å². The molecule has 3 aliphatic heterocycles. The monoisotopic (exact) mass is 783 g/mol. The van der Waals surface area contributed by atoms with E-state index in [1.807, 2.05) is 30.3 Å². The van der Waals surface area contributed by atoms with Crippen LogP contribution in [0.25, 0.3) is 0 Å². The Kier molecular flexibility index (Phi) is 13.2. The van der Waals surface area contributed by atoms with E-state index in [4.69, 9.17) is 21.1 Å². The van der Waals surface area contributed by atoms with Gasteiger partial charge >= 0.3 is 5.97 Å². The minimum atomic E-state index is -1.31. The summed E-state index contributed by atoms with van der Waals surface area (Å²) in [4.78, 5) is 59.4. The Morgan fingerprint density at radius 3 is 2.51 bits per heavy atom. The van der Waals surface area contributed by atoms with Gasteiger partial charge in [0.05, 0.1) is 34.7 Å². The molecule has 0 saturated carbocycles. The van der Waals surface area contributed by atoms with Gasteiger partial charge in [-0.25, -0.2) is 0 Å². The van der Waals surface area contributed by atoms with E-state index in [0.717, 1.165) is 12.8 Å². The van der Waals surface area contributed by atoms with E-state index < -0.39 is 47.7 Å². The molecule has 1 unspecified atom stereocenters. The number of nitrogens with zero attached hydrogens (tertiary/aromatic N) is 2. The molecule has 0 aromatic heterocycles. The summed E-state index contributed by atoms with van der Waals surface area (Å²) in [5, 5.41) is 12.6. The van der Waals surface area contributed by atoms with Crippen molar-refractivity contribution >= 4 is 56.9 Å². The summed E-state index contributed by atoms with van der Waals surface area (Å²) in [5.41, 5.74) is -0.144. The minimum absolute atomic E-state index is 0.0794. The number of ether oxygens (including phenoxy) is 2. The number of halogens is 2. The van der Waals surface area contributed by atoms with Crippen molar-refractivity contribution in [1.82, 2.24) is 10.2 Å². The summed E-state index contributed by atoms with van der Waals surface area (Å²) in [5.74, 6) is -3.52. The number of aliphatic hydroxyl groups is 1. The van der Waals surface area contributed by atoms with E-state index >= 15 is 0 Å². The molecule has 8 atom stereocenters. The highest BCUT2D eigenvalue weighted by Gasteiger charge is 2.77. The van der Waals surface area contributed by atoms with Gasteiger partial charge in [0, 0.05) is 30.9 Å². The van der Waals surface area contributed by atoms with Gasteiger partial charge in [-0.2, -0.15) is 0 Å². The second kappa shape index (κ2) is 17.3. The van der Waals surface area contributed by atoms with Gasteiger partial charge in [0.1, 0.15) is 17.7 Å². The molecule has 12 heteroatoms. The van der Waals surface area contributed by atoms with Gasteiger partial charge in [0.2, 0.25) is 11.8 Å². The van der Waals surface area contributed by atoms with Crippen LogP contribution in [-0.2, 0) is 28.7 Å². The van der Waals surface area contributed by atoms with E-state index in [1.165, 1.54) is 4.90 Å². The number of esters is 1. The van der Waals surface area contributed by atoms with E-state index in [0.29, 0.717) is 42.0 Å². The first-order valence-electron chi connectivity index (χ1n) is 17.6. The Morgan fingerprint density at radius 2 is 1.82 bits per heavy atom. The molecule has 2 aromatic carbocycles. The lowest BCUT2D eigenvalue weighted by Gasteiger charge is -2.37. The summed E-state index contributed by atoms with van der Waals surface area (Å²) < 4.78 is 13.0. The van der Waals surface area contributed by atoms with Crippen LogP contribution >= 0.6 is 27.5 Å². The number of carbonyl (C=O) groups is 4. The van der Waals surface area contributed by atoms with Crippen LogP contribution in [0.2, 0.25) is 5.02 Å². The molecule has 2 bridgehead atoms. The van der Waals surface area contributed by atoms with Crippen LogP contribution < -0.4 is 10.2 Å². The molecule has 0 radical (unpaired) electrons. The highest BCUT2D eigenvalue weighted by Crippen LogP contribution is 2.60. The number of aliphatic hydroxyl groups excluding tert-OH is 1. The third-order valence-corrected chi connectivity index (χ3v) is 11.3. The number of hydrogen-bond acceptors (Lipinski definition) is 7. The molecule has 2 aromatic rings. The number of carbonyl (C=O) groups excluding carboxylic acids is 4. The number of rotatable bonds is 18. The van der Waals surface area contributed by atoms with Crippen LogP contribution in [0, 0.1) is 11.8 Å². The third-order valence-electron chi connectivity index (χ3n) is 10.1. The van der Waals surface area contributed by atoms with Crippen LogP contribution in [-0.4, -0.2) is 82.0 Å². The molecule has 3 saturated heterocycles. The third kappa shape index (κ3) is 7.96. The lowest BCUT2D eigenvalue weighted by atomic mass is 9.70. The summed E-state index contributed by atoms with van der Waals surface area (Å²) in [6.45, 7) is 9.82. The lowest BCUT2D eigenvalue weighted by Crippen LogP contribution is -2.57. The standard InChI is InChI=1S/C39H47BrClN3O7/c1-4-6-20-30(46)42-25(3)33(26-16-10-9-11-17-26)50-38(49)31-32-36(47)44(22-14-7-8-15-23-45)35(39(32)24-27(40)34(31)51-39)37(48)43(21-5-2)29-19-13-12-18-28(29)41/h4-5,9-13,16-19,25,27,31-35,45H,1-2,6-8,14-15,20-24H2,3H3,(H,42,46)/t25-,27?,31+,32-,33-,34+,35+,39-/m0/s1. The van der Waals surface area contributed by atoms with Crippen molar-refractivity contribution < 1.29 is 33.8 Å². The maximum atomic E-state index is 14.9. The van der Waals surface area contributed by atoms with Gasteiger partial charge in [0.15, 0.2) is 0 Å². The fourth-order valence-corrected chi connectivity index (χ4v) is 9.04. The smallest absolute Gasteiger partial charge is 0.313 e. The molecule has 3 amide bonds. The molecule has 1 spiro atoms. The second-order valence-electron chi connectivity index (χ2n) is 13.5. The Morgan fingerprint density at radius 1 is 1.12 bits per heavy atom. The van der Waals surface area contributed by atoms with Crippen LogP contribution in [0.3, 0.4) is 0 Å². The van der Waals surface area contributed by atoms with E-state index in [1.54, 1.807) is 48.2 Å². The number of fused-ring (bicyclic) bond motifs is 1. The number of unbranched alkanes of at least 4 members (excludes halogenated alkanes) is 3. The molecule has 5 rings (SSSR count). The van der Waals surface area contributed by atoms with E-state index in [9.17, 15) is 24.3 Å². The maximum absolute atomic E-state index is 14.9. The Balaban J connectivity index is 1.49. The zero-order valence-corrected chi connectivity index (χ0v) is 31.3. The Hall–Kier alpha value is -3.51. The molecule has 10 nitrogen and oxygen atoms in total. The van der Waals surface area contributed by atoms with Gasteiger partial charge in [-0.3, -0.25) is 19.2 Å². The van der Waals surface area contributed by atoms with Crippen molar-refractivity contribution in [3.05, 3.63) is 90.5 Å². The molecular formula is C39H47BrClN3O7. The van der Waals surface area contributed by atoms with Gasteiger partial charge in [-0.15, -0.1) is 13.2 Å². The lowest BCUT2D eigenvalue weighted by molar-refractivity contribution is -0.162. The molecule has 51 heavy (non-hydrogen) atoms. The number of nitrogens with one attached hydrogen (secondary N) is 1. The van der Waals surface area contributed by atoms with Crippen LogP contribution in [0.1, 0.15) is 63.5 Å². The van der Waals surface area contributed by atoms with Gasteiger partial charge in [0.25, 0.3) is 5.91 Å². The SMILES string of the molecule is C=CCCC(=O)N[C@@H](C)[C@H](OC(=O)[C@H]1[C@@H]2O[C@@]3(CC2Br)[C@@H]1C(=O)N(CCCCCCO)[C@@H]3C(=O)N(CC=C)c1ccccc1Cl)c1ccccc1. The highest BCUT2D eigenvalue weighted by atomic mass is 79.9. The second-order valence-corrected chi connectivity index (χ2v) is 15.1. The molecule has 3 heterocycles.